The molecule has 0 spiro atoms. The number of aromatic carboxylic acids is 1. The van der Waals surface area contributed by atoms with Crippen molar-refractivity contribution >= 4 is 35.1 Å². The van der Waals surface area contributed by atoms with E-state index in [1.165, 1.54) is 10.9 Å². The standard InChI is InChI=1S/C27H25N7O3.ClH/c1-17-11-30-33(13-17)14-18-2-4-19(5-3-18)15-34-16-23(24(32-34)27(36)37)26(35)31-25(28)21-6-7-22-12-29-9-8-20(22)10-21;/h2-13,16,25H,14-15,28H2,1H3,(H,31,35)(H,36,37);1H. The Bertz CT molecular complexity index is 1590. The molecule has 1 atom stereocenters. The van der Waals surface area contributed by atoms with E-state index in [0.29, 0.717) is 18.7 Å². The van der Waals surface area contributed by atoms with Gasteiger partial charge >= 0.3 is 5.97 Å². The molecule has 10 nitrogen and oxygen atoms in total. The second kappa shape index (κ2) is 11.2. The van der Waals surface area contributed by atoms with Crippen molar-refractivity contribution in [3.63, 3.8) is 0 Å². The molecule has 5 rings (SSSR count). The minimum atomic E-state index is -1.29. The summed E-state index contributed by atoms with van der Waals surface area (Å²) in [6, 6.07) is 15.2. The first-order valence-corrected chi connectivity index (χ1v) is 11.6. The van der Waals surface area contributed by atoms with Crippen LogP contribution in [0.3, 0.4) is 0 Å². The number of fused-ring (bicyclic) bond motifs is 1. The van der Waals surface area contributed by atoms with Crippen molar-refractivity contribution in [1.29, 1.82) is 0 Å². The summed E-state index contributed by atoms with van der Waals surface area (Å²) in [7, 11) is 0. The van der Waals surface area contributed by atoms with Gasteiger partial charge in [0.2, 0.25) is 0 Å². The molecule has 0 aliphatic rings. The molecule has 0 fully saturated rings. The van der Waals surface area contributed by atoms with Gasteiger partial charge in [-0.25, -0.2) is 4.79 Å². The van der Waals surface area contributed by atoms with E-state index in [1.807, 2.05) is 66.5 Å². The summed E-state index contributed by atoms with van der Waals surface area (Å²) >= 11 is 0. The van der Waals surface area contributed by atoms with Crippen LogP contribution in [-0.4, -0.2) is 41.5 Å². The predicted octanol–water partition coefficient (Wildman–Crippen LogP) is 3.54. The number of nitrogens with one attached hydrogen (secondary N) is 1. The number of hydrogen-bond acceptors (Lipinski definition) is 6. The first-order valence-electron chi connectivity index (χ1n) is 11.6. The second-order valence-electron chi connectivity index (χ2n) is 8.86. The minimum absolute atomic E-state index is 0. The van der Waals surface area contributed by atoms with E-state index >= 15 is 0 Å². The fraction of sp³-hybridized carbons (Fsp3) is 0.148. The molecule has 0 bridgehead atoms. The van der Waals surface area contributed by atoms with Crippen LogP contribution in [0.4, 0.5) is 0 Å². The highest BCUT2D eigenvalue weighted by molar-refractivity contribution is 6.03. The number of aromatic nitrogens is 5. The summed E-state index contributed by atoms with van der Waals surface area (Å²) in [4.78, 5) is 28.9. The zero-order valence-electron chi connectivity index (χ0n) is 20.5. The molecular weight excluding hydrogens is 506 g/mol. The lowest BCUT2D eigenvalue weighted by atomic mass is 10.1. The van der Waals surface area contributed by atoms with Gasteiger partial charge in [0, 0.05) is 30.2 Å². The van der Waals surface area contributed by atoms with Crippen molar-refractivity contribution in [3.8, 4) is 0 Å². The van der Waals surface area contributed by atoms with E-state index in [4.69, 9.17) is 5.73 Å². The molecule has 0 saturated carbocycles. The van der Waals surface area contributed by atoms with Crippen molar-refractivity contribution in [2.45, 2.75) is 26.2 Å². The van der Waals surface area contributed by atoms with Crippen LogP contribution >= 0.6 is 12.4 Å². The Morgan fingerprint density at radius 1 is 0.974 bits per heavy atom. The molecule has 0 radical (unpaired) electrons. The maximum atomic E-state index is 13.0. The molecule has 2 aromatic carbocycles. The highest BCUT2D eigenvalue weighted by atomic mass is 35.5. The maximum absolute atomic E-state index is 13.0. The number of carbonyl (C=O) groups is 2. The molecule has 1 amide bonds. The number of nitrogens with zero attached hydrogens (tertiary/aromatic N) is 5. The predicted molar refractivity (Wildman–Crippen MR) is 144 cm³/mol. The average molecular weight is 532 g/mol. The Balaban J connectivity index is 0.00000336. The third kappa shape index (κ3) is 5.88. The number of carboxylic acids is 1. The smallest absolute Gasteiger partial charge is 0.357 e. The molecule has 1 unspecified atom stereocenters. The lowest BCUT2D eigenvalue weighted by Crippen LogP contribution is -2.34. The van der Waals surface area contributed by atoms with E-state index in [2.05, 4.69) is 20.5 Å². The summed E-state index contributed by atoms with van der Waals surface area (Å²) < 4.78 is 3.31. The van der Waals surface area contributed by atoms with Gasteiger partial charge in [0.1, 0.15) is 6.17 Å². The summed E-state index contributed by atoms with van der Waals surface area (Å²) in [5.41, 5.74) is 9.60. The first-order chi connectivity index (χ1) is 17.9. The zero-order valence-corrected chi connectivity index (χ0v) is 21.3. The Hall–Kier alpha value is -4.54. The molecular formula is C27H26ClN7O3. The van der Waals surface area contributed by atoms with E-state index in [-0.39, 0.29) is 23.7 Å². The Labute approximate surface area is 224 Å². The lowest BCUT2D eigenvalue weighted by molar-refractivity contribution is 0.0683. The number of hydrogen-bond donors (Lipinski definition) is 3. The number of benzene rings is 2. The van der Waals surface area contributed by atoms with Crippen LogP contribution in [-0.2, 0) is 13.1 Å². The second-order valence-corrected chi connectivity index (χ2v) is 8.86. The van der Waals surface area contributed by atoms with Crippen LogP contribution in [0, 0.1) is 6.92 Å². The highest BCUT2D eigenvalue weighted by Crippen LogP contribution is 2.18. The molecule has 3 heterocycles. The number of rotatable bonds is 8. The van der Waals surface area contributed by atoms with Crippen molar-refractivity contribution in [2.24, 2.45) is 5.73 Å². The van der Waals surface area contributed by atoms with Gasteiger partial charge in [0.15, 0.2) is 5.69 Å². The largest absolute Gasteiger partial charge is 0.476 e. The van der Waals surface area contributed by atoms with Crippen LogP contribution in [0.1, 0.15) is 49.3 Å². The van der Waals surface area contributed by atoms with E-state index < -0.39 is 18.0 Å². The topological polar surface area (TPSA) is 141 Å². The number of aryl methyl sites for hydroxylation is 1. The lowest BCUT2D eigenvalue weighted by Gasteiger charge is -2.14. The van der Waals surface area contributed by atoms with Gasteiger partial charge in [0.05, 0.1) is 24.8 Å². The van der Waals surface area contributed by atoms with Crippen LogP contribution in [0.2, 0.25) is 0 Å². The van der Waals surface area contributed by atoms with Crippen molar-refractivity contribution in [1.82, 2.24) is 29.9 Å². The van der Waals surface area contributed by atoms with Crippen molar-refractivity contribution in [2.75, 3.05) is 0 Å². The average Bonchev–Trinajstić information content (AvgIpc) is 3.51. The van der Waals surface area contributed by atoms with Crippen LogP contribution < -0.4 is 11.1 Å². The summed E-state index contributed by atoms with van der Waals surface area (Å²) in [6.45, 7) is 2.95. The molecule has 0 aliphatic carbocycles. The van der Waals surface area contributed by atoms with Gasteiger partial charge in [-0.1, -0.05) is 36.4 Å². The molecule has 11 heteroatoms. The molecule has 4 N–H and O–H groups in total. The monoisotopic (exact) mass is 531 g/mol. The summed E-state index contributed by atoms with van der Waals surface area (Å²) in [5, 5.41) is 22.6. The zero-order chi connectivity index (χ0) is 25.9. The fourth-order valence-corrected chi connectivity index (χ4v) is 4.10. The van der Waals surface area contributed by atoms with E-state index in [9.17, 15) is 14.7 Å². The van der Waals surface area contributed by atoms with Gasteiger partial charge < -0.3 is 16.2 Å². The van der Waals surface area contributed by atoms with E-state index in [1.54, 1.807) is 18.5 Å². The third-order valence-electron chi connectivity index (χ3n) is 5.99. The van der Waals surface area contributed by atoms with E-state index in [0.717, 1.165) is 27.5 Å². The normalized spacial score (nSPS) is 11.6. The number of nitrogens with two attached hydrogens (primary N) is 1. The molecule has 0 saturated heterocycles. The van der Waals surface area contributed by atoms with Crippen LogP contribution in [0.5, 0.6) is 0 Å². The SMILES string of the molecule is Cc1cnn(Cc2ccc(Cn3cc(C(=O)NC(N)c4ccc5cnccc5c4)c(C(=O)O)n3)cc2)c1.Cl. The van der Waals surface area contributed by atoms with Gasteiger partial charge in [-0.15, -0.1) is 12.4 Å². The first kappa shape index (κ1) is 26.5. The molecule has 38 heavy (non-hydrogen) atoms. The number of carboxylic acid groups (broad SMARTS) is 1. The molecule has 0 aliphatic heterocycles. The summed E-state index contributed by atoms with van der Waals surface area (Å²) in [5.74, 6) is -1.91. The third-order valence-corrected chi connectivity index (χ3v) is 5.99. The number of pyridine rings is 1. The number of amides is 1. The number of carbonyl (C=O) groups excluding carboxylic acids is 1. The highest BCUT2D eigenvalue weighted by Gasteiger charge is 2.23. The Kier molecular flexibility index (Phi) is 7.85. The number of halogens is 1. The van der Waals surface area contributed by atoms with Gasteiger partial charge in [-0.2, -0.15) is 10.2 Å². The minimum Gasteiger partial charge on any atom is -0.476 e. The molecule has 3 aromatic heterocycles. The molecule has 5 aromatic rings. The van der Waals surface area contributed by atoms with Gasteiger partial charge in [-0.05, 0) is 46.7 Å². The van der Waals surface area contributed by atoms with Crippen molar-refractivity contribution in [3.05, 3.63) is 113 Å². The quantitative estimate of drug-likeness (QED) is 0.260. The summed E-state index contributed by atoms with van der Waals surface area (Å²) in [6.07, 6.45) is 7.80. The van der Waals surface area contributed by atoms with Crippen LogP contribution in [0.25, 0.3) is 10.8 Å². The molecule has 194 valence electrons. The Morgan fingerprint density at radius 3 is 2.34 bits per heavy atom. The maximum Gasteiger partial charge on any atom is 0.357 e. The van der Waals surface area contributed by atoms with Crippen molar-refractivity contribution < 1.29 is 14.7 Å². The Morgan fingerprint density at radius 2 is 1.68 bits per heavy atom. The van der Waals surface area contributed by atoms with Gasteiger partial charge in [-0.3, -0.25) is 19.1 Å². The van der Waals surface area contributed by atoms with Gasteiger partial charge in [0.25, 0.3) is 5.91 Å². The van der Waals surface area contributed by atoms with Crippen LogP contribution in [0.15, 0.2) is 79.5 Å². The fourth-order valence-electron chi connectivity index (χ4n) is 4.10.